The van der Waals surface area contributed by atoms with Gasteiger partial charge in [-0.15, -0.1) is 0 Å². The predicted molar refractivity (Wildman–Crippen MR) is 57.4 cm³/mol. The van der Waals surface area contributed by atoms with Gasteiger partial charge in [0.1, 0.15) is 5.82 Å². The van der Waals surface area contributed by atoms with Gasteiger partial charge in [-0.1, -0.05) is 0 Å². The van der Waals surface area contributed by atoms with Gasteiger partial charge in [0.2, 0.25) is 0 Å². The summed E-state index contributed by atoms with van der Waals surface area (Å²) >= 11 is 0. The number of nitrogen functional groups attached to an aromatic ring is 1. The molecule has 0 unspecified atom stereocenters. The van der Waals surface area contributed by atoms with Gasteiger partial charge in [0.15, 0.2) is 0 Å². The summed E-state index contributed by atoms with van der Waals surface area (Å²) in [6, 6.07) is 6.54. The average molecular weight is 205 g/mol. The van der Waals surface area contributed by atoms with Crippen molar-refractivity contribution in [1.82, 2.24) is 9.78 Å². The number of hydrogen-bond donors (Lipinski definition) is 1. The fourth-order valence-electron chi connectivity index (χ4n) is 1.55. The summed E-state index contributed by atoms with van der Waals surface area (Å²) in [4.78, 5) is 0. The van der Waals surface area contributed by atoms with E-state index >= 15 is 0 Å². The zero-order valence-corrected chi connectivity index (χ0v) is 8.66. The summed E-state index contributed by atoms with van der Waals surface area (Å²) in [5.41, 5.74) is 8.34. The van der Waals surface area contributed by atoms with E-state index in [0.29, 0.717) is 0 Å². The molecule has 1 heterocycles. The van der Waals surface area contributed by atoms with Crippen LogP contribution in [0.4, 0.5) is 10.1 Å². The number of nitrogens with zero attached hydrogens (tertiary/aromatic N) is 2. The lowest BCUT2D eigenvalue weighted by Gasteiger charge is -2.05. The number of aromatic nitrogens is 2. The second-order valence-electron chi connectivity index (χ2n) is 3.54. The number of aryl methyl sites for hydroxylation is 2. The molecule has 2 N–H and O–H groups in total. The maximum Gasteiger partial charge on any atom is 0.146 e. The zero-order chi connectivity index (χ0) is 11.0. The molecular weight excluding hydrogens is 193 g/mol. The molecule has 0 spiro atoms. The van der Waals surface area contributed by atoms with Crippen LogP contribution in [0, 0.1) is 19.7 Å². The van der Waals surface area contributed by atoms with Crippen molar-refractivity contribution in [2.45, 2.75) is 13.8 Å². The van der Waals surface area contributed by atoms with Gasteiger partial charge in [-0.05, 0) is 38.1 Å². The molecule has 0 fully saturated rings. The number of benzene rings is 1. The van der Waals surface area contributed by atoms with Crippen LogP contribution in [-0.4, -0.2) is 9.78 Å². The van der Waals surface area contributed by atoms with Crippen molar-refractivity contribution in [3.05, 3.63) is 41.5 Å². The molecule has 78 valence electrons. The summed E-state index contributed by atoms with van der Waals surface area (Å²) in [5, 5.41) is 4.29. The van der Waals surface area contributed by atoms with Gasteiger partial charge in [-0.2, -0.15) is 5.10 Å². The predicted octanol–water partition coefficient (Wildman–Crippen LogP) is 2.21. The smallest absolute Gasteiger partial charge is 0.146 e. The molecule has 15 heavy (non-hydrogen) atoms. The van der Waals surface area contributed by atoms with Crippen LogP contribution in [0.3, 0.4) is 0 Å². The number of nitrogens with two attached hydrogens (primary N) is 1. The molecule has 1 aromatic heterocycles. The third kappa shape index (κ3) is 1.70. The Kier molecular flexibility index (Phi) is 2.19. The Bertz CT molecular complexity index is 503. The molecule has 2 aromatic rings. The monoisotopic (exact) mass is 205 g/mol. The van der Waals surface area contributed by atoms with E-state index in [2.05, 4.69) is 5.10 Å². The molecule has 2 rings (SSSR count). The van der Waals surface area contributed by atoms with E-state index in [0.717, 1.165) is 17.1 Å². The Hall–Kier alpha value is -1.84. The first-order valence-electron chi connectivity index (χ1n) is 4.66. The molecule has 0 radical (unpaired) electrons. The average Bonchev–Trinajstić information content (AvgIpc) is 2.50. The first kappa shape index (κ1) is 9.71. The van der Waals surface area contributed by atoms with Gasteiger partial charge in [-0.3, -0.25) is 0 Å². The van der Waals surface area contributed by atoms with Crippen LogP contribution in [0.1, 0.15) is 11.4 Å². The van der Waals surface area contributed by atoms with Crippen LogP contribution < -0.4 is 5.73 Å². The molecule has 3 nitrogen and oxygen atoms in total. The summed E-state index contributed by atoms with van der Waals surface area (Å²) in [6.45, 7) is 3.86. The van der Waals surface area contributed by atoms with E-state index in [1.807, 2.05) is 19.9 Å². The Morgan fingerprint density at radius 1 is 1.27 bits per heavy atom. The van der Waals surface area contributed by atoms with Crippen LogP contribution in [0.15, 0.2) is 24.3 Å². The highest BCUT2D eigenvalue weighted by atomic mass is 19.1. The summed E-state index contributed by atoms with van der Waals surface area (Å²) in [5.74, 6) is -0.403. The minimum absolute atomic E-state index is 0.139. The van der Waals surface area contributed by atoms with Crippen LogP contribution >= 0.6 is 0 Å². The van der Waals surface area contributed by atoms with Crippen molar-refractivity contribution >= 4 is 5.69 Å². The molecular formula is C11H12FN3. The normalized spacial score (nSPS) is 10.6. The maximum absolute atomic E-state index is 13.0. The highest BCUT2D eigenvalue weighted by molar-refractivity contribution is 5.49. The second-order valence-corrected chi connectivity index (χ2v) is 3.54. The number of rotatable bonds is 1. The van der Waals surface area contributed by atoms with Crippen molar-refractivity contribution < 1.29 is 4.39 Å². The molecule has 1 aromatic carbocycles. The highest BCUT2D eigenvalue weighted by Crippen LogP contribution is 2.17. The van der Waals surface area contributed by atoms with E-state index in [1.165, 1.54) is 6.07 Å². The minimum atomic E-state index is -0.403. The fraction of sp³-hybridized carbons (Fsp3) is 0.182. The van der Waals surface area contributed by atoms with Gasteiger partial charge >= 0.3 is 0 Å². The zero-order valence-electron chi connectivity index (χ0n) is 8.66. The van der Waals surface area contributed by atoms with Gasteiger partial charge in [0.05, 0.1) is 17.1 Å². The highest BCUT2D eigenvalue weighted by Gasteiger charge is 2.05. The largest absolute Gasteiger partial charge is 0.396 e. The second kappa shape index (κ2) is 3.38. The van der Waals surface area contributed by atoms with Crippen molar-refractivity contribution in [1.29, 1.82) is 0 Å². The Morgan fingerprint density at radius 3 is 2.53 bits per heavy atom. The van der Waals surface area contributed by atoms with E-state index in [4.69, 9.17) is 5.73 Å². The molecule has 0 atom stereocenters. The van der Waals surface area contributed by atoms with E-state index in [9.17, 15) is 4.39 Å². The Labute approximate surface area is 87.3 Å². The van der Waals surface area contributed by atoms with Gasteiger partial charge in [0, 0.05) is 5.69 Å². The first-order valence-corrected chi connectivity index (χ1v) is 4.66. The van der Waals surface area contributed by atoms with Gasteiger partial charge in [-0.25, -0.2) is 9.07 Å². The summed E-state index contributed by atoms with van der Waals surface area (Å²) in [7, 11) is 0. The molecule has 4 heteroatoms. The third-order valence-corrected chi connectivity index (χ3v) is 2.23. The molecule has 0 bridgehead atoms. The number of halogens is 1. The fourth-order valence-corrected chi connectivity index (χ4v) is 1.55. The molecule has 0 aliphatic rings. The first-order chi connectivity index (χ1) is 7.08. The van der Waals surface area contributed by atoms with Crippen molar-refractivity contribution in [3.63, 3.8) is 0 Å². The molecule has 0 saturated heterocycles. The van der Waals surface area contributed by atoms with Crippen LogP contribution in [0.25, 0.3) is 5.69 Å². The van der Waals surface area contributed by atoms with Crippen molar-refractivity contribution in [2.24, 2.45) is 0 Å². The standard InChI is InChI=1S/C11H12FN3/c1-7-5-8(2)15(14-7)9-3-4-10(12)11(13)6-9/h3-6H,13H2,1-2H3. The van der Waals surface area contributed by atoms with Gasteiger partial charge in [0.25, 0.3) is 0 Å². The van der Waals surface area contributed by atoms with E-state index < -0.39 is 5.82 Å². The van der Waals surface area contributed by atoms with Crippen molar-refractivity contribution in [3.8, 4) is 5.69 Å². The van der Waals surface area contributed by atoms with Crippen LogP contribution in [-0.2, 0) is 0 Å². The lowest BCUT2D eigenvalue weighted by atomic mass is 10.2. The lowest BCUT2D eigenvalue weighted by molar-refractivity contribution is 0.631. The topological polar surface area (TPSA) is 43.8 Å². The Balaban J connectivity index is 2.54. The summed E-state index contributed by atoms with van der Waals surface area (Å²) in [6.07, 6.45) is 0. The molecule has 0 aliphatic carbocycles. The SMILES string of the molecule is Cc1cc(C)n(-c2ccc(F)c(N)c2)n1. The number of anilines is 1. The van der Waals surface area contributed by atoms with Crippen LogP contribution in [0.5, 0.6) is 0 Å². The molecule has 0 saturated carbocycles. The molecule has 0 amide bonds. The summed E-state index contributed by atoms with van der Waals surface area (Å²) < 4.78 is 14.7. The lowest BCUT2D eigenvalue weighted by Crippen LogP contribution is -2.01. The van der Waals surface area contributed by atoms with E-state index in [-0.39, 0.29) is 5.69 Å². The van der Waals surface area contributed by atoms with Crippen molar-refractivity contribution in [2.75, 3.05) is 5.73 Å². The number of hydrogen-bond acceptors (Lipinski definition) is 2. The van der Waals surface area contributed by atoms with Crippen LogP contribution in [0.2, 0.25) is 0 Å². The van der Waals surface area contributed by atoms with Gasteiger partial charge < -0.3 is 5.73 Å². The van der Waals surface area contributed by atoms with E-state index in [1.54, 1.807) is 16.8 Å². The minimum Gasteiger partial charge on any atom is -0.396 e. The Morgan fingerprint density at radius 2 is 2.00 bits per heavy atom. The quantitative estimate of drug-likeness (QED) is 0.725. The molecule has 0 aliphatic heterocycles. The maximum atomic E-state index is 13.0. The third-order valence-electron chi connectivity index (χ3n) is 2.23.